The number of benzene rings is 2. The molecule has 120 valence electrons. The fourth-order valence-corrected chi connectivity index (χ4v) is 2.61. The van der Waals surface area contributed by atoms with Gasteiger partial charge in [-0.05, 0) is 18.2 Å². The highest BCUT2D eigenvalue weighted by atomic mass is 16.6. The predicted octanol–water partition coefficient (Wildman–Crippen LogP) is 1.69. The van der Waals surface area contributed by atoms with E-state index in [1.807, 2.05) is 0 Å². The molecule has 0 spiro atoms. The first kappa shape index (κ1) is 15.1. The number of ketones is 2. The molecule has 0 radical (unpaired) electrons. The molecule has 10 nitrogen and oxygen atoms in total. The smallest absolute Gasteiger partial charge is 0.358 e. The standard InChI is InChI=1S/C14H6N2O8/c17-5-1-2-6-7(3-5)14(20)10-9(18)4-8(15(21)22)12(16(23)24)11(10)13(6)19/h1-4,17-18H. The van der Waals surface area contributed by atoms with Crippen molar-refractivity contribution in [2.45, 2.75) is 0 Å². The van der Waals surface area contributed by atoms with E-state index < -0.39 is 49.7 Å². The van der Waals surface area contributed by atoms with E-state index in [4.69, 9.17) is 0 Å². The van der Waals surface area contributed by atoms with E-state index in [1.54, 1.807) is 0 Å². The Kier molecular flexibility index (Phi) is 3.04. The number of fused-ring (bicyclic) bond motifs is 2. The lowest BCUT2D eigenvalue weighted by Gasteiger charge is -2.18. The predicted molar refractivity (Wildman–Crippen MR) is 76.4 cm³/mol. The zero-order valence-corrected chi connectivity index (χ0v) is 11.5. The van der Waals surface area contributed by atoms with Crippen LogP contribution in [0.25, 0.3) is 0 Å². The van der Waals surface area contributed by atoms with Crippen LogP contribution < -0.4 is 0 Å². The molecule has 10 heteroatoms. The summed E-state index contributed by atoms with van der Waals surface area (Å²) >= 11 is 0. The Hall–Kier alpha value is -3.82. The van der Waals surface area contributed by atoms with E-state index in [0.717, 1.165) is 18.2 Å². The Balaban J connectivity index is 2.46. The van der Waals surface area contributed by atoms with Gasteiger partial charge >= 0.3 is 11.4 Å². The van der Waals surface area contributed by atoms with Crippen LogP contribution in [0.4, 0.5) is 11.4 Å². The minimum absolute atomic E-state index is 0.256. The number of nitro benzene ring substituents is 2. The van der Waals surface area contributed by atoms with Gasteiger partial charge in [-0.1, -0.05) is 0 Å². The molecule has 0 heterocycles. The summed E-state index contributed by atoms with van der Waals surface area (Å²) in [7, 11) is 0. The van der Waals surface area contributed by atoms with Crippen molar-refractivity contribution in [2.75, 3.05) is 0 Å². The topological polar surface area (TPSA) is 161 Å². The molecule has 0 amide bonds. The highest BCUT2D eigenvalue weighted by Crippen LogP contribution is 2.43. The maximum Gasteiger partial charge on any atom is 0.358 e. The average Bonchev–Trinajstić information content (AvgIpc) is 2.51. The minimum Gasteiger partial charge on any atom is -0.508 e. The van der Waals surface area contributed by atoms with Crippen LogP contribution in [0, 0.1) is 20.2 Å². The summed E-state index contributed by atoms with van der Waals surface area (Å²) in [4.78, 5) is 45.0. The molecule has 2 aromatic carbocycles. The van der Waals surface area contributed by atoms with E-state index in [2.05, 4.69) is 0 Å². The second kappa shape index (κ2) is 4.84. The molecule has 0 unspecified atom stereocenters. The maximum atomic E-state index is 12.5. The zero-order valence-electron chi connectivity index (χ0n) is 11.5. The summed E-state index contributed by atoms with van der Waals surface area (Å²) in [5.41, 5.74) is -4.31. The molecule has 1 aliphatic carbocycles. The van der Waals surface area contributed by atoms with Crippen LogP contribution in [0.1, 0.15) is 31.8 Å². The number of hydrogen-bond donors (Lipinski definition) is 2. The van der Waals surface area contributed by atoms with Gasteiger partial charge in [-0.3, -0.25) is 29.8 Å². The molecule has 0 aromatic heterocycles. The lowest BCUT2D eigenvalue weighted by molar-refractivity contribution is -0.422. The number of rotatable bonds is 2. The number of hydrogen-bond acceptors (Lipinski definition) is 8. The third kappa shape index (κ3) is 1.90. The second-order valence-corrected chi connectivity index (χ2v) is 4.92. The molecule has 2 aromatic rings. The first-order valence-corrected chi connectivity index (χ1v) is 6.35. The molecule has 2 N–H and O–H groups in total. The molecule has 24 heavy (non-hydrogen) atoms. The van der Waals surface area contributed by atoms with E-state index in [-0.39, 0.29) is 16.9 Å². The fourth-order valence-electron chi connectivity index (χ4n) is 2.61. The van der Waals surface area contributed by atoms with Crippen molar-refractivity contribution in [3.63, 3.8) is 0 Å². The Morgan fingerprint density at radius 2 is 1.46 bits per heavy atom. The minimum atomic E-state index is -1.16. The van der Waals surface area contributed by atoms with Gasteiger partial charge < -0.3 is 10.2 Å². The average molecular weight is 330 g/mol. The summed E-state index contributed by atoms with van der Waals surface area (Å²) in [6, 6.07) is 3.60. The van der Waals surface area contributed by atoms with Crippen LogP contribution in [0.15, 0.2) is 24.3 Å². The first-order valence-electron chi connectivity index (χ1n) is 6.35. The lowest BCUT2D eigenvalue weighted by Crippen LogP contribution is -2.23. The van der Waals surface area contributed by atoms with Gasteiger partial charge in [0.1, 0.15) is 17.1 Å². The lowest BCUT2D eigenvalue weighted by atomic mass is 9.82. The third-order valence-electron chi connectivity index (χ3n) is 3.58. The molecule has 0 saturated carbocycles. The molecule has 1 aliphatic rings. The Bertz CT molecular complexity index is 979. The van der Waals surface area contributed by atoms with Crippen molar-refractivity contribution in [1.29, 1.82) is 0 Å². The van der Waals surface area contributed by atoms with E-state index in [0.29, 0.717) is 6.07 Å². The number of nitrogens with zero attached hydrogens (tertiary/aromatic N) is 2. The molecule has 0 bridgehead atoms. The Labute approximate surface area is 131 Å². The Morgan fingerprint density at radius 3 is 2.04 bits per heavy atom. The van der Waals surface area contributed by atoms with Crippen molar-refractivity contribution in [3.05, 3.63) is 66.7 Å². The van der Waals surface area contributed by atoms with Gasteiger partial charge in [0.2, 0.25) is 5.78 Å². The van der Waals surface area contributed by atoms with Crippen molar-refractivity contribution in [1.82, 2.24) is 0 Å². The maximum absolute atomic E-state index is 12.5. The third-order valence-corrected chi connectivity index (χ3v) is 3.58. The highest BCUT2D eigenvalue weighted by Gasteiger charge is 2.43. The van der Waals surface area contributed by atoms with Crippen molar-refractivity contribution in [2.24, 2.45) is 0 Å². The van der Waals surface area contributed by atoms with Crippen LogP contribution in [0.2, 0.25) is 0 Å². The van der Waals surface area contributed by atoms with Gasteiger partial charge in [-0.15, -0.1) is 0 Å². The normalized spacial score (nSPS) is 12.5. The molecule has 0 atom stereocenters. The van der Waals surface area contributed by atoms with E-state index >= 15 is 0 Å². The number of carbonyl (C=O) groups is 2. The summed E-state index contributed by atoms with van der Waals surface area (Å²) in [6.45, 7) is 0. The van der Waals surface area contributed by atoms with Crippen LogP contribution in [0.5, 0.6) is 11.5 Å². The van der Waals surface area contributed by atoms with Crippen LogP contribution >= 0.6 is 0 Å². The molecular weight excluding hydrogens is 324 g/mol. The molecular formula is C14H6N2O8. The van der Waals surface area contributed by atoms with E-state index in [9.17, 15) is 40.0 Å². The summed E-state index contributed by atoms with van der Waals surface area (Å²) in [6.07, 6.45) is 0. The fraction of sp³-hybridized carbons (Fsp3) is 0. The van der Waals surface area contributed by atoms with Crippen LogP contribution in [0.3, 0.4) is 0 Å². The van der Waals surface area contributed by atoms with Gasteiger partial charge in [0.15, 0.2) is 5.78 Å². The number of phenols is 2. The molecule has 0 fully saturated rings. The second-order valence-electron chi connectivity index (χ2n) is 4.92. The summed E-state index contributed by atoms with van der Waals surface area (Å²) < 4.78 is 0. The molecule has 0 aliphatic heterocycles. The van der Waals surface area contributed by atoms with Gasteiger partial charge in [-0.2, -0.15) is 0 Å². The monoisotopic (exact) mass is 330 g/mol. The quantitative estimate of drug-likeness (QED) is 0.530. The number of phenolic OH excluding ortho intramolecular Hbond substituents is 2. The first-order chi connectivity index (χ1) is 11.2. The zero-order chi connectivity index (χ0) is 17.8. The summed E-state index contributed by atoms with van der Waals surface area (Å²) in [5, 5.41) is 41.6. The number of carbonyl (C=O) groups excluding carboxylic acids is 2. The highest BCUT2D eigenvalue weighted by molar-refractivity contribution is 6.31. The van der Waals surface area contributed by atoms with E-state index in [1.165, 1.54) is 0 Å². The van der Waals surface area contributed by atoms with Crippen LogP contribution in [-0.4, -0.2) is 31.6 Å². The molecule has 3 rings (SSSR count). The van der Waals surface area contributed by atoms with Gasteiger partial charge in [-0.25, -0.2) is 0 Å². The Morgan fingerprint density at radius 1 is 0.833 bits per heavy atom. The largest absolute Gasteiger partial charge is 0.508 e. The van der Waals surface area contributed by atoms with Crippen molar-refractivity contribution in [3.8, 4) is 11.5 Å². The van der Waals surface area contributed by atoms with Crippen LogP contribution in [-0.2, 0) is 0 Å². The SMILES string of the molecule is O=C1c2cc(O)ccc2C(=O)c2c1c(O)cc([N+](=O)[O-])c2[N+](=O)[O-]. The molecule has 0 saturated heterocycles. The van der Waals surface area contributed by atoms with Gasteiger partial charge in [0.25, 0.3) is 0 Å². The van der Waals surface area contributed by atoms with Gasteiger partial charge in [0, 0.05) is 11.1 Å². The van der Waals surface area contributed by atoms with Gasteiger partial charge in [0.05, 0.1) is 21.5 Å². The van der Waals surface area contributed by atoms with Crippen molar-refractivity contribution < 1.29 is 29.6 Å². The number of nitro groups is 2. The number of aromatic hydroxyl groups is 2. The summed E-state index contributed by atoms with van der Waals surface area (Å²) in [5.74, 6) is -3.22. The van der Waals surface area contributed by atoms with Crippen molar-refractivity contribution >= 4 is 22.9 Å².